The third-order valence-corrected chi connectivity index (χ3v) is 6.82. The van der Waals surface area contributed by atoms with E-state index in [0.717, 1.165) is 11.3 Å². The van der Waals surface area contributed by atoms with Crippen LogP contribution in [0, 0.1) is 0 Å². The number of benzene rings is 3. The van der Waals surface area contributed by atoms with Gasteiger partial charge in [-0.05, 0) is 45.2 Å². The van der Waals surface area contributed by atoms with E-state index in [4.69, 9.17) is 4.98 Å². The molecule has 0 fully saturated rings. The molecule has 2 nitrogen and oxygen atoms in total. The van der Waals surface area contributed by atoms with Gasteiger partial charge >= 0.3 is 0 Å². The quantitative estimate of drug-likeness (QED) is 0.351. The molecule has 4 aromatic rings. The summed E-state index contributed by atoms with van der Waals surface area (Å²) < 4.78 is 2.44. The van der Waals surface area contributed by atoms with Gasteiger partial charge in [-0.2, -0.15) is 0 Å². The van der Waals surface area contributed by atoms with Crippen LogP contribution in [0.3, 0.4) is 0 Å². The zero-order valence-corrected chi connectivity index (χ0v) is 18.7. The van der Waals surface area contributed by atoms with Gasteiger partial charge in [0, 0.05) is 11.1 Å². The van der Waals surface area contributed by atoms with Crippen LogP contribution in [-0.4, -0.2) is 16.3 Å². The summed E-state index contributed by atoms with van der Waals surface area (Å²) in [7, 11) is 0. The molecule has 0 bridgehead atoms. The van der Waals surface area contributed by atoms with Crippen molar-refractivity contribution in [1.29, 1.82) is 0 Å². The molecule has 3 heteroatoms. The molecule has 6 rings (SSSR count). The minimum absolute atomic E-state index is 0.0310. The van der Waals surface area contributed by atoms with E-state index in [0.29, 0.717) is 6.71 Å². The van der Waals surface area contributed by atoms with Crippen LogP contribution >= 0.6 is 0 Å². The molecule has 0 radical (unpaired) electrons. The van der Waals surface area contributed by atoms with Crippen molar-refractivity contribution in [2.45, 2.75) is 52.4 Å². The van der Waals surface area contributed by atoms with Crippen molar-refractivity contribution in [3.63, 3.8) is 0 Å². The molecule has 3 heterocycles. The van der Waals surface area contributed by atoms with Gasteiger partial charge < -0.3 is 0 Å². The standard InChI is InChI=1S/C27H27BN2/c1-26(2,3)16-13-14-19-18(15-16)17-9-7-12-22-23(17)28(19)20-10-8-11-21-24(20)30(22)25(29-21)27(4,5)6/h7-15H,1-6H3. The smallest absolute Gasteiger partial charge is 0.248 e. The molecule has 0 unspecified atom stereocenters. The molecule has 0 N–H and O–H groups in total. The van der Waals surface area contributed by atoms with E-state index in [9.17, 15) is 0 Å². The molecule has 1 aromatic heterocycles. The predicted molar refractivity (Wildman–Crippen MR) is 129 cm³/mol. The SMILES string of the molecule is CC(C)(C)c1ccc2c(c1)-c1cccc3c1B2c1cccc2nc(C(C)(C)C)n-3c12. The van der Waals surface area contributed by atoms with Gasteiger partial charge in [-0.15, -0.1) is 0 Å². The van der Waals surface area contributed by atoms with Gasteiger partial charge in [-0.1, -0.05) is 89.5 Å². The third-order valence-electron chi connectivity index (χ3n) is 6.82. The van der Waals surface area contributed by atoms with E-state index >= 15 is 0 Å². The Hall–Kier alpha value is -2.81. The number of imidazole rings is 1. The van der Waals surface area contributed by atoms with Crippen molar-refractivity contribution in [3.8, 4) is 16.8 Å². The Labute approximate surface area is 179 Å². The van der Waals surface area contributed by atoms with E-state index in [1.54, 1.807) is 0 Å². The first-order valence-electron chi connectivity index (χ1n) is 11.0. The highest BCUT2D eigenvalue weighted by molar-refractivity contribution is 7.01. The van der Waals surface area contributed by atoms with Crippen LogP contribution in [0.25, 0.3) is 27.8 Å². The summed E-state index contributed by atoms with van der Waals surface area (Å²) in [5.41, 5.74) is 12.2. The Morgan fingerprint density at radius 3 is 2.27 bits per heavy atom. The van der Waals surface area contributed by atoms with Crippen molar-refractivity contribution in [2.75, 3.05) is 0 Å². The van der Waals surface area contributed by atoms with Crippen LogP contribution in [0.4, 0.5) is 0 Å². The van der Waals surface area contributed by atoms with Crippen LogP contribution in [-0.2, 0) is 10.8 Å². The van der Waals surface area contributed by atoms with Crippen molar-refractivity contribution in [2.24, 2.45) is 0 Å². The summed E-state index contributed by atoms with van der Waals surface area (Å²) in [5.74, 6) is 1.14. The predicted octanol–water partition coefficient (Wildman–Crippen LogP) is 4.43. The van der Waals surface area contributed by atoms with E-state index < -0.39 is 0 Å². The molecule has 0 amide bonds. The summed E-state index contributed by atoms with van der Waals surface area (Å²) in [6.45, 7) is 14.0. The van der Waals surface area contributed by atoms with E-state index in [2.05, 4.69) is 101 Å². The minimum Gasteiger partial charge on any atom is -0.297 e. The summed E-state index contributed by atoms with van der Waals surface area (Å²) >= 11 is 0. The third kappa shape index (κ3) is 2.18. The number of aromatic nitrogens is 2. The molecule has 2 aliphatic heterocycles. The Kier molecular flexibility index (Phi) is 3.28. The lowest BCUT2D eigenvalue weighted by Gasteiger charge is -2.27. The zero-order chi connectivity index (χ0) is 21.0. The molecule has 148 valence electrons. The highest BCUT2D eigenvalue weighted by atomic mass is 15.1. The summed E-state index contributed by atoms with van der Waals surface area (Å²) in [6.07, 6.45) is 0. The normalized spacial score (nSPS) is 14.3. The molecular weight excluding hydrogens is 363 g/mol. The summed E-state index contributed by atoms with van der Waals surface area (Å²) in [5, 5.41) is 0. The second kappa shape index (κ2) is 5.46. The molecule has 0 saturated heterocycles. The molecule has 3 aromatic carbocycles. The molecule has 0 spiro atoms. The maximum atomic E-state index is 5.11. The van der Waals surface area contributed by atoms with Gasteiger partial charge in [-0.3, -0.25) is 4.57 Å². The number of rotatable bonds is 0. The van der Waals surface area contributed by atoms with Gasteiger partial charge in [-0.25, -0.2) is 4.98 Å². The number of hydrogen-bond donors (Lipinski definition) is 0. The van der Waals surface area contributed by atoms with Crippen molar-refractivity contribution < 1.29 is 0 Å². The van der Waals surface area contributed by atoms with E-state index in [-0.39, 0.29) is 10.8 Å². The average molecular weight is 390 g/mol. The average Bonchev–Trinajstić information content (AvgIpc) is 3.23. The number of para-hydroxylation sites is 1. The Morgan fingerprint density at radius 2 is 1.53 bits per heavy atom. The fraction of sp³-hybridized carbons (Fsp3) is 0.296. The van der Waals surface area contributed by atoms with Crippen molar-refractivity contribution in [1.82, 2.24) is 9.55 Å². The zero-order valence-electron chi connectivity index (χ0n) is 18.7. The number of hydrogen-bond acceptors (Lipinski definition) is 1. The van der Waals surface area contributed by atoms with Crippen LogP contribution < -0.4 is 16.4 Å². The topological polar surface area (TPSA) is 17.8 Å². The maximum Gasteiger partial charge on any atom is 0.248 e. The minimum atomic E-state index is -0.0310. The van der Waals surface area contributed by atoms with Crippen LogP contribution in [0.5, 0.6) is 0 Å². The Morgan fingerprint density at radius 1 is 0.767 bits per heavy atom. The largest absolute Gasteiger partial charge is 0.297 e. The first-order valence-corrected chi connectivity index (χ1v) is 11.0. The highest BCUT2D eigenvalue weighted by Crippen LogP contribution is 2.36. The van der Waals surface area contributed by atoms with Gasteiger partial charge in [0.1, 0.15) is 5.82 Å². The fourth-order valence-electron chi connectivity index (χ4n) is 5.40. The van der Waals surface area contributed by atoms with Crippen LogP contribution in [0.1, 0.15) is 52.9 Å². The van der Waals surface area contributed by atoms with Gasteiger partial charge in [0.2, 0.25) is 6.71 Å². The molecule has 2 aliphatic rings. The second-order valence-corrected chi connectivity index (χ2v) is 11.0. The molecular formula is C27H27BN2. The maximum absolute atomic E-state index is 5.11. The van der Waals surface area contributed by atoms with Crippen LogP contribution in [0.2, 0.25) is 0 Å². The first-order chi connectivity index (χ1) is 14.2. The van der Waals surface area contributed by atoms with Crippen molar-refractivity contribution in [3.05, 3.63) is 66.0 Å². The van der Waals surface area contributed by atoms with Gasteiger partial charge in [0.05, 0.1) is 11.0 Å². The van der Waals surface area contributed by atoms with Gasteiger partial charge in [0.15, 0.2) is 0 Å². The monoisotopic (exact) mass is 390 g/mol. The lowest BCUT2D eigenvalue weighted by atomic mass is 9.37. The Bertz CT molecular complexity index is 1360. The molecule has 0 aliphatic carbocycles. The summed E-state index contributed by atoms with van der Waals surface area (Å²) in [6, 6.07) is 20.6. The van der Waals surface area contributed by atoms with E-state index in [1.165, 1.54) is 44.3 Å². The molecule has 30 heavy (non-hydrogen) atoms. The Balaban J connectivity index is 1.75. The highest BCUT2D eigenvalue weighted by Gasteiger charge is 2.42. The molecule has 0 atom stereocenters. The second-order valence-electron chi connectivity index (χ2n) is 11.0. The van der Waals surface area contributed by atoms with Crippen molar-refractivity contribution >= 4 is 34.1 Å². The number of nitrogens with zero attached hydrogens (tertiary/aromatic N) is 2. The number of fused-ring (bicyclic) bond motifs is 5. The summed E-state index contributed by atoms with van der Waals surface area (Å²) in [4.78, 5) is 5.11. The first kappa shape index (κ1) is 18.0. The fourth-order valence-corrected chi connectivity index (χ4v) is 5.40. The van der Waals surface area contributed by atoms with Crippen LogP contribution in [0.15, 0.2) is 54.6 Å². The lowest BCUT2D eigenvalue weighted by molar-refractivity contribution is 0.539. The lowest BCUT2D eigenvalue weighted by Crippen LogP contribution is -2.53. The van der Waals surface area contributed by atoms with E-state index in [1.807, 2.05) is 0 Å². The molecule has 0 saturated carbocycles. The van der Waals surface area contributed by atoms with Gasteiger partial charge in [0.25, 0.3) is 0 Å².